The minimum atomic E-state index is -0.497. The summed E-state index contributed by atoms with van der Waals surface area (Å²) in [5, 5.41) is 10.6. The van der Waals surface area contributed by atoms with Gasteiger partial charge in [-0.15, -0.1) is 5.10 Å². The molecule has 0 unspecified atom stereocenters. The molecule has 1 aliphatic carbocycles. The van der Waals surface area contributed by atoms with Gasteiger partial charge in [-0.25, -0.2) is 4.79 Å². The number of hydrogen-bond donors (Lipinski definition) is 1. The number of nitrogens with one attached hydrogen (secondary N) is 1. The third kappa shape index (κ3) is 2.84. The highest BCUT2D eigenvalue weighted by Crippen LogP contribution is 2.34. The van der Waals surface area contributed by atoms with Crippen molar-refractivity contribution in [1.29, 1.82) is 0 Å². The number of carbonyl (C=O) groups excluding carboxylic acids is 1. The molecule has 0 bridgehead atoms. The SMILES string of the molecule is CC(C)(C)OC(=O)c1n[nH]nc1C1CCCC1. The number of aromatic nitrogens is 3. The lowest BCUT2D eigenvalue weighted by Crippen LogP contribution is -2.25. The molecule has 1 aliphatic rings. The van der Waals surface area contributed by atoms with Gasteiger partial charge in [0.2, 0.25) is 0 Å². The van der Waals surface area contributed by atoms with Crippen LogP contribution >= 0.6 is 0 Å². The minimum Gasteiger partial charge on any atom is -0.455 e. The summed E-state index contributed by atoms with van der Waals surface area (Å²) < 4.78 is 5.32. The first kappa shape index (κ1) is 12.1. The van der Waals surface area contributed by atoms with Gasteiger partial charge < -0.3 is 4.74 Å². The molecular weight excluding hydrogens is 218 g/mol. The Balaban J connectivity index is 2.15. The van der Waals surface area contributed by atoms with Gasteiger partial charge in [-0.05, 0) is 33.6 Å². The summed E-state index contributed by atoms with van der Waals surface area (Å²) in [6, 6.07) is 0. The van der Waals surface area contributed by atoms with Crippen molar-refractivity contribution < 1.29 is 9.53 Å². The lowest BCUT2D eigenvalue weighted by Gasteiger charge is -2.19. The topological polar surface area (TPSA) is 67.9 Å². The van der Waals surface area contributed by atoms with Gasteiger partial charge in [-0.2, -0.15) is 10.3 Å². The Kier molecular flexibility index (Phi) is 3.17. The Hall–Kier alpha value is -1.39. The van der Waals surface area contributed by atoms with Crippen LogP contribution in [0.25, 0.3) is 0 Å². The first-order chi connectivity index (χ1) is 7.97. The molecule has 0 aliphatic heterocycles. The number of H-pyrrole nitrogens is 1. The zero-order chi connectivity index (χ0) is 12.5. The quantitative estimate of drug-likeness (QED) is 0.802. The molecule has 1 fully saturated rings. The molecule has 94 valence electrons. The molecule has 1 saturated carbocycles. The van der Waals surface area contributed by atoms with Crippen molar-refractivity contribution in [2.24, 2.45) is 0 Å². The maximum absolute atomic E-state index is 12.0. The summed E-state index contributed by atoms with van der Waals surface area (Å²) in [6.45, 7) is 5.54. The Morgan fingerprint density at radius 3 is 2.53 bits per heavy atom. The maximum Gasteiger partial charge on any atom is 0.361 e. The van der Waals surface area contributed by atoms with E-state index in [2.05, 4.69) is 15.4 Å². The molecule has 0 saturated heterocycles. The number of aromatic amines is 1. The molecule has 0 spiro atoms. The van der Waals surface area contributed by atoms with E-state index in [1.54, 1.807) is 0 Å². The molecule has 1 N–H and O–H groups in total. The average molecular weight is 237 g/mol. The molecule has 5 heteroatoms. The van der Waals surface area contributed by atoms with Crippen molar-refractivity contribution in [2.45, 2.75) is 58.0 Å². The second kappa shape index (κ2) is 4.47. The van der Waals surface area contributed by atoms with Crippen LogP contribution in [0.3, 0.4) is 0 Å². The van der Waals surface area contributed by atoms with Gasteiger partial charge >= 0.3 is 5.97 Å². The van der Waals surface area contributed by atoms with Gasteiger partial charge in [-0.1, -0.05) is 12.8 Å². The molecule has 17 heavy (non-hydrogen) atoms. The van der Waals surface area contributed by atoms with Gasteiger partial charge in [0.15, 0.2) is 5.69 Å². The predicted molar refractivity (Wildman–Crippen MR) is 62.8 cm³/mol. The Morgan fingerprint density at radius 2 is 1.94 bits per heavy atom. The van der Waals surface area contributed by atoms with E-state index in [-0.39, 0.29) is 5.97 Å². The maximum atomic E-state index is 12.0. The summed E-state index contributed by atoms with van der Waals surface area (Å²) >= 11 is 0. The van der Waals surface area contributed by atoms with Crippen LogP contribution in [0.5, 0.6) is 0 Å². The second-order valence-electron chi connectivity index (χ2n) is 5.54. The van der Waals surface area contributed by atoms with E-state index in [0.29, 0.717) is 11.6 Å². The molecule has 0 aromatic carbocycles. The fourth-order valence-electron chi connectivity index (χ4n) is 2.20. The van der Waals surface area contributed by atoms with Crippen molar-refractivity contribution >= 4 is 5.97 Å². The summed E-state index contributed by atoms with van der Waals surface area (Å²) in [7, 11) is 0. The van der Waals surface area contributed by atoms with E-state index >= 15 is 0 Å². The summed E-state index contributed by atoms with van der Waals surface area (Å²) in [5.41, 5.74) is 0.631. The number of nitrogens with zero attached hydrogens (tertiary/aromatic N) is 2. The van der Waals surface area contributed by atoms with Crippen LogP contribution in [0.15, 0.2) is 0 Å². The van der Waals surface area contributed by atoms with Gasteiger partial charge in [-0.3, -0.25) is 0 Å². The fraction of sp³-hybridized carbons (Fsp3) is 0.750. The van der Waals surface area contributed by atoms with Gasteiger partial charge in [0.1, 0.15) is 11.3 Å². The number of rotatable bonds is 2. The number of esters is 1. The highest BCUT2D eigenvalue weighted by atomic mass is 16.6. The van der Waals surface area contributed by atoms with Crippen LogP contribution in [0.2, 0.25) is 0 Å². The normalized spacial score (nSPS) is 17.4. The van der Waals surface area contributed by atoms with Crippen molar-refractivity contribution in [2.75, 3.05) is 0 Å². The zero-order valence-electron chi connectivity index (χ0n) is 10.6. The minimum absolute atomic E-state index is 0.354. The Labute approximate surface area is 101 Å². The molecule has 0 atom stereocenters. The molecule has 1 aromatic rings. The van der Waals surface area contributed by atoms with Gasteiger partial charge in [0, 0.05) is 5.92 Å². The van der Waals surface area contributed by atoms with Crippen LogP contribution in [0.1, 0.15) is 68.6 Å². The van der Waals surface area contributed by atoms with Crippen molar-refractivity contribution in [3.63, 3.8) is 0 Å². The van der Waals surface area contributed by atoms with E-state index < -0.39 is 5.60 Å². The largest absolute Gasteiger partial charge is 0.455 e. The van der Waals surface area contributed by atoms with Gasteiger partial charge in [0.05, 0.1) is 0 Å². The molecule has 2 rings (SSSR count). The number of hydrogen-bond acceptors (Lipinski definition) is 4. The zero-order valence-corrected chi connectivity index (χ0v) is 10.6. The van der Waals surface area contributed by atoms with E-state index in [1.807, 2.05) is 20.8 Å². The van der Waals surface area contributed by atoms with Gasteiger partial charge in [0.25, 0.3) is 0 Å². The van der Waals surface area contributed by atoms with Crippen LogP contribution in [-0.2, 0) is 4.74 Å². The van der Waals surface area contributed by atoms with E-state index in [4.69, 9.17) is 4.74 Å². The van der Waals surface area contributed by atoms with Crippen LogP contribution in [0, 0.1) is 0 Å². The lowest BCUT2D eigenvalue weighted by molar-refractivity contribution is 0.00610. The van der Waals surface area contributed by atoms with Crippen LogP contribution in [-0.4, -0.2) is 27.0 Å². The number of carbonyl (C=O) groups is 1. The summed E-state index contributed by atoms with van der Waals surface area (Å²) in [6.07, 6.45) is 4.57. The molecule has 1 heterocycles. The molecule has 1 aromatic heterocycles. The second-order valence-corrected chi connectivity index (χ2v) is 5.54. The molecular formula is C12H19N3O2. The molecule has 5 nitrogen and oxygen atoms in total. The Bertz CT molecular complexity index is 400. The highest BCUT2D eigenvalue weighted by molar-refractivity contribution is 5.88. The number of ether oxygens (including phenoxy) is 1. The van der Waals surface area contributed by atoms with E-state index in [9.17, 15) is 4.79 Å². The van der Waals surface area contributed by atoms with Crippen molar-refractivity contribution in [3.8, 4) is 0 Å². The third-order valence-electron chi connectivity index (χ3n) is 2.91. The predicted octanol–water partition coefficient (Wildman–Crippen LogP) is 2.42. The van der Waals surface area contributed by atoms with Crippen molar-refractivity contribution in [3.05, 3.63) is 11.4 Å². The first-order valence-corrected chi connectivity index (χ1v) is 6.11. The standard InChI is InChI=1S/C12H19N3O2/c1-12(2,3)17-11(16)10-9(13-15-14-10)8-6-4-5-7-8/h8H,4-7H2,1-3H3,(H,13,14,15). The van der Waals surface area contributed by atoms with Crippen LogP contribution < -0.4 is 0 Å². The van der Waals surface area contributed by atoms with E-state index in [0.717, 1.165) is 18.5 Å². The molecule has 0 amide bonds. The fourth-order valence-corrected chi connectivity index (χ4v) is 2.20. The van der Waals surface area contributed by atoms with Crippen molar-refractivity contribution in [1.82, 2.24) is 15.4 Å². The monoisotopic (exact) mass is 237 g/mol. The van der Waals surface area contributed by atoms with Crippen LogP contribution in [0.4, 0.5) is 0 Å². The highest BCUT2D eigenvalue weighted by Gasteiger charge is 2.29. The smallest absolute Gasteiger partial charge is 0.361 e. The summed E-state index contributed by atoms with van der Waals surface area (Å²) in [5.74, 6) is -0.0237. The van der Waals surface area contributed by atoms with E-state index in [1.165, 1.54) is 12.8 Å². The third-order valence-corrected chi connectivity index (χ3v) is 2.91. The molecule has 0 radical (unpaired) electrons. The Morgan fingerprint density at radius 1 is 1.29 bits per heavy atom. The lowest BCUT2D eigenvalue weighted by atomic mass is 10.0. The average Bonchev–Trinajstić information content (AvgIpc) is 2.85. The first-order valence-electron chi connectivity index (χ1n) is 6.11. The summed E-state index contributed by atoms with van der Waals surface area (Å²) in [4.78, 5) is 12.0.